The van der Waals surface area contributed by atoms with E-state index in [1.807, 2.05) is 31.2 Å². The highest BCUT2D eigenvalue weighted by molar-refractivity contribution is 7.98. The fourth-order valence-corrected chi connectivity index (χ4v) is 2.67. The van der Waals surface area contributed by atoms with Gasteiger partial charge in [-0.15, -0.1) is 11.8 Å². The molecule has 0 radical (unpaired) electrons. The van der Waals surface area contributed by atoms with Crippen LogP contribution in [0, 0.1) is 6.92 Å². The van der Waals surface area contributed by atoms with Crippen molar-refractivity contribution in [2.24, 2.45) is 0 Å². The van der Waals surface area contributed by atoms with Gasteiger partial charge in [-0.1, -0.05) is 30.3 Å². The van der Waals surface area contributed by atoms with Crippen molar-refractivity contribution in [2.45, 2.75) is 24.6 Å². The van der Waals surface area contributed by atoms with Gasteiger partial charge in [0, 0.05) is 30.1 Å². The molecule has 1 aromatic carbocycles. The van der Waals surface area contributed by atoms with Crippen LogP contribution < -0.4 is 5.32 Å². The Bertz CT molecular complexity index is 570. The molecular formula is C15H16N2OS. The van der Waals surface area contributed by atoms with Gasteiger partial charge in [-0.25, -0.2) is 4.98 Å². The molecule has 0 unspecified atom stereocenters. The fourth-order valence-electron chi connectivity index (χ4n) is 1.71. The van der Waals surface area contributed by atoms with Crippen molar-refractivity contribution in [1.82, 2.24) is 4.98 Å². The van der Waals surface area contributed by atoms with Gasteiger partial charge in [0.05, 0.1) is 0 Å². The summed E-state index contributed by atoms with van der Waals surface area (Å²) in [6, 6.07) is 12.1. The summed E-state index contributed by atoms with van der Waals surface area (Å²) < 4.78 is 0. The molecule has 1 aromatic heterocycles. The Morgan fingerprint density at radius 2 is 2.00 bits per heavy atom. The van der Waals surface area contributed by atoms with Crippen molar-refractivity contribution in [3.63, 3.8) is 0 Å². The molecule has 0 aliphatic rings. The van der Waals surface area contributed by atoms with Gasteiger partial charge in [0.1, 0.15) is 5.03 Å². The van der Waals surface area contributed by atoms with Crippen molar-refractivity contribution >= 4 is 23.4 Å². The molecule has 1 heterocycles. The van der Waals surface area contributed by atoms with E-state index in [2.05, 4.69) is 22.4 Å². The van der Waals surface area contributed by atoms with E-state index in [4.69, 9.17) is 0 Å². The number of rotatable bonds is 4. The number of hydrogen-bond donors (Lipinski definition) is 1. The van der Waals surface area contributed by atoms with E-state index in [0.29, 0.717) is 0 Å². The molecule has 0 aliphatic carbocycles. The molecule has 98 valence electrons. The van der Waals surface area contributed by atoms with Gasteiger partial charge in [-0.05, 0) is 18.6 Å². The minimum Gasteiger partial charge on any atom is -0.326 e. The molecule has 0 saturated carbocycles. The van der Waals surface area contributed by atoms with Crippen LogP contribution in [-0.2, 0) is 10.5 Å². The van der Waals surface area contributed by atoms with Crippen molar-refractivity contribution in [3.8, 4) is 0 Å². The number of nitrogens with zero attached hydrogens (tertiary/aromatic N) is 1. The quantitative estimate of drug-likeness (QED) is 0.864. The molecule has 2 aromatic rings. The van der Waals surface area contributed by atoms with Crippen LogP contribution in [-0.4, -0.2) is 10.9 Å². The van der Waals surface area contributed by atoms with Gasteiger partial charge in [0.2, 0.25) is 5.91 Å². The zero-order valence-corrected chi connectivity index (χ0v) is 11.8. The molecule has 0 spiro atoms. The summed E-state index contributed by atoms with van der Waals surface area (Å²) in [5, 5.41) is 3.77. The molecule has 0 saturated heterocycles. The Morgan fingerprint density at radius 3 is 2.68 bits per heavy atom. The third kappa shape index (κ3) is 3.83. The van der Waals surface area contributed by atoms with E-state index < -0.39 is 0 Å². The van der Waals surface area contributed by atoms with Crippen molar-refractivity contribution in [3.05, 3.63) is 53.7 Å². The largest absolute Gasteiger partial charge is 0.326 e. The third-order valence-corrected chi connectivity index (χ3v) is 3.85. The maximum absolute atomic E-state index is 11.1. The number of thioether (sulfide) groups is 1. The number of amides is 1. The summed E-state index contributed by atoms with van der Waals surface area (Å²) in [5.74, 6) is 0.811. The molecule has 4 heteroatoms. The summed E-state index contributed by atoms with van der Waals surface area (Å²) in [4.78, 5) is 15.5. The minimum atomic E-state index is -0.0618. The Hall–Kier alpha value is -1.81. The summed E-state index contributed by atoms with van der Waals surface area (Å²) in [6.45, 7) is 3.49. The average molecular weight is 272 g/mol. The van der Waals surface area contributed by atoms with Crippen molar-refractivity contribution in [1.29, 1.82) is 0 Å². The number of carbonyl (C=O) groups is 1. The summed E-state index contributed by atoms with van der Waals surface area (Å²) in [7, 11) is 0. The van der Waals surface area contributed by atoms with Crippen LogP contribution in [0.1, 0.15) is 18.1 Å². The predicted octanol–water partition coefficient (Wildman–Crippen LogP) is 3.64. The van der Waals surface area contributed by atoms with E-state index >= 15 is 0 Å². The molecule has 1 amide bonds. The Labute approximate surface area is 117 Å². The maximum atomic E-state index is 11.1. The summed E-state index contributed by atoms with van der Waals surface area (Å²) in [5.41, 5.74) is 3.11. The van der Waals surface area contributed by atoms with Crippen LogP contribution in [0.3, 0.4) is 0 Å². The van der Waals surface area contributed by atoms with E-state index in [9.17, 15) is 4.79 Å². The van der Waals surface area contributed by atoms with Crippen LogP contribution in [0.15, 0.2) is 47.6 Å². The van der Waals surface area contributed by atoms with Crippen molar-refractivity contribution in [2.75, 3.05) is 5.32 Å². The van der Waals surface area contributed by atoms with Crippen LogP contribution in [0.4, 0.5) is 5.69 Å². The number of benzene rings is 1. The molecule has 0 fully saturated rings. The van der Waals surface area contributed by atoms with Gasteiger partial charge in [-0.3, -0.25) is 4.79 Å². The van der Waals surface area contributed by atoms with E-state index in [1.165, 1.54) is 12.5 Å². The average Bonchev–Trinajstić information content (AvgIpc) is 2.40. The van der Waals surface area contributed by atoms with Crippen LogP contribution >= 0.6 is 11.8 Å². The molecule has 2 rings (SSSR count). The lowest BCUT2D eigenvalue weighted by Gasteiger charge is -2.10. The number of aromatic nitrogens is 1. The lowest BCUT2D eigenvalue weighted by Crippen LogP contribution is -2.07. The lowest BCUT2D eigenvalue weighted by atomic mass is 10.2. The smallest absolute Gasteiger partial charge is 0.221 e. The molecular weight excluding hydrogens is 256 g/mol. The SMILES string of the molecule is CC(=O)Nc1ccnc(SCc2ccccc2)c1C. The molecule has 3 nitrogen and oxygen atoms in total. The highest BCUT2D eigenvalue weighted by Gasteiger charge is 2.07. The zero-order chi connectivity index (χ0) is 13.7. The molecule has 1 N–H and O–H groups in total. The zero-order valence-electron chi connectivity index (χ0n) is 11.0. The van der Waals surface area contributed by atoms with E-state index in [0.717, 1.165) is 22.0 Å². The van der Waals surface area contributed by atoms with Gasteiger partial charge in [0.15, 0.2) is 0 Å². The normalized spacial score (nSPS) is 10.2. The van der Waals surface area contributed by atoms with E-state index in [-0.39, 0.29) is 5.91 Å². The highest BCUT2D eigenvalue weighted by atomic mass is 32.2. The Kier molecular flexibility index (Phi) is 4.58. The second-order valence-electron chi connectivity index (χ2n) is 4.24. The standard InChI is InChI=1S/C15H16N2OS/c1-11-14(17-12(2)18)8-9-16-15(11)19-10-13-6-4-3-5-7-13/h3-9H,10H2,1-2H3,(H,16,17,18). The van der Waals surface area contributed by atoms with Gasteiger partial charge >= 0.3 is 0 Å². The first kappa shape index (κ1) is 13.6. The predicted molar refractivity (Wildman–Crippen MR) is 79.3 cm³/mol. The molecule has 19 heavy (non-hydrogen) atoms. The first-order valence-electron chi connectivity index (χ1n) is 6.06. The minimum absolute atomic E-state index is 0.0618. The second-order valence-corrected chi connectivity index (χ2v) is 5.21. The highest BCUT2D eigenvalue weighted by Crippen LogP contribution is 2.27. The first-order chi connectivity index (χ1) is 9.16. The molecule has 0 aliphatic heterocycles. The van der Waals surface area contributed by atoms with Gasteiger partial charge < -0.3 is 5.32 Å². The monoisotopic (exact) mass is 272 g/mol. The van der Waals surface area contributed by atoms with Gasteiger partial charge in [0.25, 0.3) is 0 Å². The van der Waals surface area contributed by atoms with E-state index in [1.54, 1.807) is 18.0 Å². The third-order valence-electron chi connectivity index (χ3n) is 2.69. The Balaban J connectivity index is 2.10. The number of anilines is 1. The number of hydrogen-bond acceptors (Lipinski definition) is 3. The summed E-state index contributed by atoms with van der Waals surface area (Å²) >= 11 is 1.68. The van der Waals surface area contributed by atoms with Crippen molar-refractivity contribution < 1.29 is 4.79 Å². The topological polar surface area (TPSA) is 42.0 Å². The van der Waals surface area contributed by atoms with Crippen LogP contribution in [0.2, 0.25) is 0 Å². The number of pyridine rings is 1. The van der Waals surface area contributed by atoms with Gasteiger partial charge in [-0.2, -0.15) is 0 Å². The van der Waals surface area contributed by atoms with Crippen LogP contribution in [0.25, 0.3) is 0 Å². The second kappa shape index (κ2) is 6.38. The first-order valence-corrected chi connectivity index (χ1v) is 7.05. The molecule has 0 bridgehead atoms. The molecule has 0 atom stereocenters. The summed E-state index contributed by atoms with van der Waals surface area (Å²) in [6.07, 6.45) is 1.73. The number of carbonyl (C=O) groups excluding carboxylic acids is 1. The maximum Gasteiger partial charge on any atom is 0.221 e. The Morgan fingerprint density at radius 1 is 1.26 bits per heavy atom. The fraction of sp³-hybridized carbons (Fsp3) is 0.200. The number of nitrogens with one attached hydrogen (secondary N) is 1. The van der Waals surface area contributed by atoms with Crippen LogP contribution in [0.5, 0.6) is 0 Å². The lowest BCUT2D eigenvalue weighted by molar-refractivity contribution is -0.114.